The van der Waals surface area contributed by atoms with Crippen molar-refractivity contribution in [3.8, 4) is 5.75 Å². The molecule has 0 aliphatic rings. The Hall–Kier alpha value is -2.44. The predicted molar refractivity (Wildman–Crippen MR) is 104 cm³/mol. The second kappa shape index (κ2) is 7.85. The smallest absolute Gasteiger partial charge is 0.288 e. The fourth-order valence-corrected chi connectivity index (χ4v) is 5.88. The number of benzene rings is 3. The fraction of sp³-hybridized carbons (Fsp3) is 0.100. The number of rotatable bonds is 5. The van der Waals surface area contributed by atoms with Crippen LogP contribution in [-0.2, 0) is 20.7 Å². The quantitative estimate of drug-likeness (QED) is 0.644. The number of aryl methyl sites for hydroxylation is 1. The number of hydrogen-bond acceptors (Lipinski definition) is 3. The molecule has 4 nitrogen and oxygen atoms in total. The van der Waals surface area contributed by atoms with E-state index in [4.69, 9.17) is 4.74 Å². The van der Waals surface area contributed by atoms with Crippen molar-refractivity contribution in [1.29, 1.82) is 0 Å². The first kappa shape index (κ1) is 18.4. The van der Waals surface area contributed by atoms with E-state index in [0.29, 0.717) is 5.75 Å². The maximum absolute atomic E-state index is 12.9. The summed E-state index contributed by atoms with van der Waals surface area (Å²) >= 11 is 0. The summed E-state index contributed by atoms with van der Waals surface area (Å²) in [7, 11) is -3.27. The van der Waals surface area contributed by atoms with Gasteiger partial charge in [-0.2, -0.15) is 8.42 Å². The Morgan fingerprint density at radius 1 is 0.846 bits per heavy atom. The van der Waals surface area contributed by atoms with Crippen LogP contribution in [0.3, 0.4) is 0 Å². The second-order valence-corrected chi connectivity index (χ2v) is 9.11. The zero-order valence-electron chi connectivity index (χ0n) is 14.5. The zero-order chi connectivity index (χ0) is 18.6. The van der Waals surface area contributed by atoms with Crippen LogP contribution in [-0.4, -0.2) is 15.5 Å². The van der Waals surface area contributed by atoms with Gasteiger partial charge >= 0.3 is 0 Å². The molecular formula is C20H19NO3S2. The van der Waals surface area contributed by atoms with Gasteiger partial charge in [-0.15, -0.1) is 3.77 Å². The van der Waals surface area contributed by atoms with E-state index in [9.17, 15) is 8.42 Å². The number of ether oxygens (including phenoxy) is 1. The number of hydrogen-bond donors (Lipinski definition) is 0. The fourth-order valence-electron chi connectivity index (χ4n) is 2.39. The summed E-state index contributed by atoms with van der Waals surface area (Å²) in [6, 6.07) is 23.5. The first-order valence-electron chi connectivity index (χ1n) is 7.98. The van der Waals surface area contributed by atoms with Gasteiger partial charge in [-0.1, -0.05) is 48.0 Å². The van der Waals surface area contributed by atoms with E-state index in [1.165, 1.54) is 0 Å². The highest BCUT2D eigenvalue weighted by Crippen LogP contribution is 2.29. The molecule has 0 fully saturated rings. The predicted octanol–water partition coefficient (Wildman–Crippen LogP) is 4.61. The summed E-state index contributed by atoms with van der Waals surface area (Å²) in [5.41, 5.74) is 0.996. The topological polar surface area (TPSA) is 55.7 Å². The molecule has 0 heterocycles. The highest BCUT2D eigenvalue weighted by atomic mass is 32.3. The van der Waals surface area contributed by atoms with Gasteiger partial charge in [-0.3, -0.25) is 0 Å². The zero-order valence-corrected chi connectivity index (χ0v) is 16.1. The summed E-state index contributed by atoms with van der Waals surface area (Å²) in [6.07, 6.45) is 0. The van der Waals surface area contributed by atoms with E-state index >= 15 is 0 Å². The summed E-state index contributed by atoms with van der Waals surface area (Å²) in [4.78, 5) is 1.73. The Bertz CT molecular complexity index is 1030. The van der Waals surface area contributed by atoms with Crippen molar-refractivity contribution in [3.63, 3.8) is 0 Å². The molecule has 3 aromatic rings. The average molecular weight is 386 g/mol. The molecule has 26 heavy (non-hydrogen) atoms. The third kappa shape index (κ3) is 4.03. The van der Waals surface area contributed by atoms with Crippen molar-refractivity contribution in [3.05, 3.63) is 84.4 Å². The summed E-state index contributed by atoms with van der Waals surface area (Å²) in [6.45, 7) is 1.91. The molecule has 0 bridgehead atoms. The summed E-state index contributed by atoms with van der Waals surface area (Å²) in [5, 5.41) is 0. The standard InChI is InChI=1S/C20H19NO3S2/c1-16-12-14-18(15-13-16)26(22,23)21-25(17-8-4-3-5-9-17)20-11-7-6-10-19(20)24-2/h3-15H,1-2H3. The lowest BCUT2D eigenvalue weighted by Crippen LogP contribution is -2.03. The van der Waals surface area contributed by atoms with Crippen LogP contribution < -0.4 is 4.74 Å². The molecule has 1 unspecified atom stereocenters. The van der Waals surface area contributed by atoms with Gasteiger partial charge < -0.3 is 4.74 Å². The summed E-state index contributed by atoms with van der Waals surface area (Å²) in [5.74, 6) is 0.613. The molecule has 6 heteroatoms. The second-order valence-electron chi connectivity index (χ2n) is 5.61. The Kier molecular flexibility index (Phi) is 5.54. The number of methoxy groups -OCH3 is 1. The van der Waals surface area contributed by atoms with Gasteiger partial charge in [0.05, 0.1) is 16.9 Å². The van der Waals surface area contributed by atoms with Gasteiger partial charge in [-0.05, 0) is 54.0 Å². The molecule has 0 amide bonds. The van der Waals surface area contributed by atoms with E-state index in [0.717, 1.165) is 15.4 Å². The molecular weight excluding hydrogens is 366 g/mol. The molecule has 0 N–H and O–H groups in total. The van der Waals surface area contributed by atoms with Gasteiger partial charge in [-0.25, -0.2) is 0 Å². The van der Waals surface area contributed by atoms with Crippen molar-refractivity contribution in [2.45, 2.75) is 21.6 Å². The monoisotopic (exact) mass is 385 g/mol. The lowest BCUT2D eigenvalue weighted by atomic mass is 10.2. The van der Waals surface area contributed by atoms with Crippen molar-refractivity contribution >= 4 is 20.7 Å². The molecule has 3 rings (SSSR count). The van der Waals surface area contributed by atoms with E-state index in [-0.39, 0.29) is 4.90 Å². The van der Waals surface area contributed by atoms with Crippen LogP contribution in [0.4, 0.5) is 0 Å². The van der Waals surface area contributed by atoms with Gasteiger partial charge in [0.2, 0.25) is 0 Å². The third-order valence-corrected chi connectivity index (χ3v) is 7.46. The highest BCUT2D eigenvalue weighted by Gasteiger charge is 2.18. The number of nitrogens with zero attached hydrogens (tertiary/aromatic N) is 1. The lowest BCUT2D eigenvalue weighted by Gasteiger charge is -2.13. The van der Waals surface area contributed by atoms with Crippen molar-refractivity contribution in [1.82, 2.24) is 0 Å². The largest absolute Gasteiger partial charge is 0.496 e. The minimum absolute atomic E-state index is 0.187. The van der Waals surface area contributed by atoms with Crippen LogP contribution in [0.2, 0.25) is 0 Å². The van der Waals surface area contributed by atoms with Crippen LogP contribution in [0.15, 0.2) is 97.3 Å². The number of para-hydroxylation sites is 1. The minimum atomic E-state index is -3.82. The van der Waals surface area contributed by atoms with Crippen LogP contribution >= 0.6 is 0 Å². The maximum atomic E-state index is 12.9. The SMILES string of the molecule is COc1ccccc1S(=NS(=O)(=O)c1ccc(C)cc1)c1ccccc1. The van der Waals surface area contributed by atoms with E-state index in [2.05, 4.69) is 3.77 Å². The Labute approximate surface area is 156 Å². The molecule has 3 aromatic carbocycles. The molecule has 0 aliphatic heterocycles. The van der Waals surface area contributed by atoms with Crippen molar-refractivity contribution in [2.24, 2.45) is 3.77 Å². The van der Waals surface area contributed by atoms with Crippen LogP contribution in [0.25, 0.3) is 0 Å². The molecule has 0 spiro atoms. The Morgan fingerprint density at radius 3 is 2.12 bits per heavy atom. The van der Waals surface area contributed by atoms with E-state index in [1.807, 2.05) is 61.5 Å². The minimum Gasteiger partial charge on any atom is -0.496 e. The van der Waals surface area contributed by atoms with E-state index in [1.54, 1.807) is 31.4 Å². The Balaban J connectivity index is 2.21. The molecule has 0 radical (unpaired) electrons. The maximum Gasteiger partial charge on any atom is 0.288 e. The highest BCUT2D eigenvalue weighted by molar-refractivity contribution is 8.00. The first-order chi connectivity index (χ1) is 12.5. The lowest BCUT2D eigenvalue weighted by molar-refractivity contribution is 0.404. The molecule has 0 aliphatic carbocycles. The normalized spacial score (nSPS) is 12.7. The van der Waals surface area contributed by atoms with Gasteiger partial charge in [0.1, 0.15) is 5.75 Å². The van der Waals surface area contributed by atoms with Crippen LogP contribution in [0.1, 0.15) is 5.56 Å². The van der Waals surface area contributed by atoms with Crippen molar-refractivity contribution in [2.75, 3.05) is 7.11 Å². The molecule has 0 aromatic heterocycles. The summed E-state index contributed by atoms with van der Waals surface area (Å²) < 4.78 is 35.5. The van der Waals surface area contributed by atoms with Gasteiger partial charge in [0.25, 0.3) is 10.0 Å². The van der Waals surface area contributed by atoms with E-state index < -0.39 is 20.7 Å². The van der Waals surface area contributed by atoms with Gasteiger partial charge in [0, 0.05) is 4.90 Å². The number of sulfonamides is 1. The molecule has 0 saturated heterocycles. The molecule has 134 valence electrons. The van der Waals surface area contributed by atoms with Crippen molar-refractivity contribution < 1.29 is 13.2 Å². The first-order valence-corrected chi connectivity index (χ1v) is 10.6. The third-order valence-electron chi connectivity index (χ3n) is 3.74. The van der Waals surface area contributed by atoms with Crippen LogP contribution in [0.5, 0.6) is 5.75 Å². The average Bonchev–Trinajstić information content (AvgIpc) is 2.67. The molecule has 0 saturated carbocycles. The molecule has 1 atom stereocenters. The Morgan fingerprint density at radius 2 is 1.46 bits per heavy atom. The van der Waals surface area contributed by atoms with Crippen LogP contribution in [0, 0.1) is 6.92 Å². The van der Waals surface area contributed by atoms with Gasteiger partial charge in [0.15, 0.2) is 0 Å².